The van der Waals surface area contributed by atoms with E-state index < -0.39 is 0 Å². The molecule has 3 heteroatoms. The molecular formula is C17H18N2O. The maximum absolute atomic E-state index is 9.20. The molecule has 0 saturated carbocycles. The lowest BCUT2D eigenvalue weighted by atomic mass is 10.1. The molecule has 2 rings (SSSR count). The van der Waals surface area contributed by atoms with Gasteiger partial charge >= 0.3 is 0 Å². The minimum atomic E-state index is 0.660. The summed E-state index contributed by atoms with van der Waals surface area (Å²) in [7, 11) is 0. The van der Waals surface area contributed by atoms with Gasteiger partial charge in [0.2, 0.25) is 0 Å². The Morgan fingerprint density at radius 3 is 2.75 bits per heavy atom. The van der Waals surface area contributed by atoms with Gasteiger partial charge < -0.3 is 10.1 Å². The lowest BCUT2D eigenvalue weighted by Crippen LogP contribution is -2.02. The van der Waals surface area contributed by atoms with Crippen molar-refractivity contribution in [3.05, 3.63) is 59.2 Å². The van der Waals surface area contributed by atoms with Gasteiger partial charge in [-0.05, 0) is 43.2 Å². The first-order chi connectivity index (χ1) is 9.74. The quantitative estimate of drug-likeness (QED) is 0.893. The molecule has 2 aromatic carbocycles. The van der Waals surface area contributed by atoms with E-state index in [1.54, 1.807) is 0 Å². The van der Waals surface area contributed by atoms with E-state index in [0.29, 0.717) is 18.7 Å². The molecule has 0 saturated heterocycles. The van der Waals surface area contributed by atoms with Crippen LogP contribution in [0.4, 0.5) is 5.69 Å². The van der Waals surface area contributed by atoms with Gasteiger partial charge in [0.15, 0.2) is 0 Å². The zero-order valence-electron chi connectivity index (χ0n) is 11.8. The van der Waals surface area contributed by atoms with E-state index in [9.17, 15) is 5.26 Å². The van der Waals surface area contributed by atoms with Crippen LogP contribution in [0.1, 0.15) is 23.6 Å². The van der Waals surface area contributed by atoms with Crippen LogP contribution in [0.2, 0.25) is 0 Å². The van der Waals surface area contributed by atoms with Crippen LogP contribution in [0.15, 0.2) is 42.5 Å². The zero-order valence-corrected chi connectivity index (χ0v) is 11.8. The highest BCUT2D eigenvalue weighted by Gasteiger charge is 2.04. The van der Waals surface area contributed by atoms with Crippen LogP contribution < -0.4 is 10.1 Å². The second-order valence-electron chi connectivity index (χ2n) is 4.54. The fourth-order valence-corrected chi connectivity index (χ4v) is 2.07. The molecule has 0 unspecified atom stereocenters. The van der Waals surface area contributed by atoms with Gasteiger partial charge in [-0.3, -0.25) is 0 Å². The summed E-state index contributed by atoms with van der Waals surface area (Å²) >= 11 is 0. The Hall–Kier alpha value is -2.47. The van der Waals surface area contributed by atoms with E-state index >= 15 is 0 Å². The molecule has 0 aliphatic carbocycles. The minimum absolute atomic E-state index is 0.660. The number of nitrogens with zero attached hydrogens (tertiary/aromatic N) is 1. The number of anilines is 1. The van der Waals surface area contributed by atoms with Crippen LogP contribution in [-0.2, 0) is 6.54 Å². The largest absolute Gasteiger partial charge is 0.494 e. The molecule has 0 spiro atoms. The normalized spacial score (nSPS) is 9.85. The van der Waals surface area contributed by atoms with E-state index in [0.717, 1.165) is 22.6 Å². The average molecular weight is 266 g/mol. The first kappa shape index (κ1) is 14.0. The fraction of sp³-hybridized carbons (Fsp3) is 0.235. The monoisotopic (exact) mass is 266 g/mol. The summed E-state index contributed by atoms with van der Waals surface area (Å²) < 4.78 is 5.48. The van der Waals surface area contributed by atoms with Crippen LogP contribution in [0.5, 0.6) is 5.75 Å². The van der Waals surface area contributed by atoms with Crippen molar-refractivity contribution in [1.82, 2.24) is 0 Å². The van der Waals surface area contributed by atoms with Crippen LogP contribution in [0.25, 0.3) is 0 Å². The van der Waals surface area contributed by atoms with Crippen molar-refractivity contribution >= 4 is 5.69 Å². The number of nitrogens with one attached hydrogen (secondary N) is 1. The third kappa shape index (κ3) is 3.30. The standard InChI is InChI=1S/C17H18N2O/c1-3-20-15-8-5-7-14(10-15)12-19-17-9-4-6-13(2)16(17)11-18/h4-10,19H,3,12H2,1-2H3. The molecule has 20 heavy (non-hydrogen) atoms. The Morgan fingerprint density at radius 1 is 1.20 bits per heavy atom. The van der Waals surface area contributed by atoms with Crippen molar-refractivity contribution < 1.29 is 4.74 Å². The molecule has 0 bridgehead atoms. The molecule has 0 aliphatic rings. The highest BCUT2D eigenvalue weighted by molar-refractivity contribution is 5.60. The van der Waals surface area contributed by atoms with Crippen molar-refractivity contribution in [1.29, 1.82) is 5.26 Å². The maximum Gasteiger partial charge on any atom is 0.119 e. The second-order valence-corrected chi connectivity index (χ2v) is 4.54. The van der Waals surface area contributed by atoms with Crippen molar-refractivity contribution in [3.63, 3.8) is 0 Å². The van der Waals surface area contributed by atoms with E-state index in [1.165, 1.54) is 0 Å². The van der Waals surface area contributed by atoms with Crippen LogP contribution in [0.3, 0.4) is 0 Å². The van der Waals surface area contributed by atoms with Crippen LogP contribution in [-0.4, -0.2) is 6.61 Å². The number of benzene rings is 2. The number of hydrogen-bond donors (Lipinski definition) is 1. The minimum Gasteiger partial charge on any atom is -0.494 e. The van der Waals surface area contributed by atoms with Gasteiger partial charge in [-0.1, -0.05) is 24.3 Å². The summed E-state index contributed by atoms with van der Waals surface area (Å²) in [5.74, 6) is 0.872. The summed E-state index contributed by atoms with van der Waals surface area (Å²) in [6.07, 6.45) is 0. The number of hydrogen-bond acceptors (Lipinski definition) is 3. The van der Waals surface area contributed by atoms with Gasteiger partial charge in [0, 0.05) is 6.54 Å². The Morgan fingerprint density at radius 2 is 2.00 bits per heavy atom. The summed E-state index contributed by atoms with van der Waals surface area (Å²) in [5.41, 5.74) is 3.68. The molecule has 0 heterocycles. The average Bonchev–Trinajstić information content (AvgIpc) is 2.46. The number of rotatable bonds is 5. The summed E-state index contributed by atoms with van der Waals surface area (Å²) in [6, 6.07) is 16.0. The predicted molar refractivity (Wildman–Crippen MR) is 80.8 cm³/mol. The van der Waals surface area contributed by atoms with Crippen molar-refractivity contribution in [2.75, 3.05) is 11.9 Å². The molecule has 3 nitrogen and oxygen atoms in total. The SMILES string of the molecule is CCOc1cccc(CNc2cccc(C)c2C#N)c1. The van der Waals surface area contributed by atoms with E-state index in [-0.39, 0.29) is 0 Å². The molecule has 0 atom stereocenters. The number of ether oxygens (including phenoxy) is 1. The first-order valence-corrected chi connectivity index (χ1v) is 6.70. The van der Waals surface area contributed by atoms with E-state index in [2.05, 4.69) is 11.4 Å². The van der Waals surface area contributed by atoms with Gasteiger partial charge in [0.25, 0.3) is 0 Å². The molecule has 0 radical (unpaired) electrons. The summed E-state index contributed by atoms with van der Waals surface area (Å²) in [6.45, 7) is 5.24. The summed E-state index contributed by atoms with van der Waals surface area (Å²) in [5, 5.41) is 12.5. The van der Waals surface area contributed by atoms with Gasteiger partial charge in [-0.15, -0.1) is 0 Å². The van der Waals surface area contributed by atoms with Gasteiger partial charge in [-0.25, -0.2) is 0 Å². The molecule has 2 aromatic rings. The Bertz CT molecular complexity index is 629. The summed E-state index contributed by atoms with van der Waals surface area (Å²) in [4.78, 5) is 0. The smallest absolute Gasteiger partial charge is 0.119 e. The molecule has 102 valence electrons. The van der Waals surface area contributed by atoms with Crippen LogP contribution >= 0.6 is 0 Å². The predicted octanol–water partition coefficient (Wildman–Crippen LogP) is 3.88. The second kappa shape index (κ2) is 6.63. The lowest BCUT2D eigenvalue weighted by Gasteiger charge is -2.11. The zero-order chi connectivity index (χ0) is 14.4. The molecule has 1 N–H and O–H groups in total. The number of aryl methyl sites for hydroxylation is 1. The Kier molecular flexibility index (Phi) is 4.62. The van der Waals surface area contributed by atoms with Gasteiger partial charge in [0.1, 0.15) is 11.8 Å². The van der Waals surface area contributed by atoms with Crippen molar-refractivity contribution in [2.45, 2.75) is 20.4 Å². The highest BCUT2D eigenvalue weighted by Crippen LogP contribution is 2.20. The van der Waals surface area contributed by atoms with Crippen molar-refractivity contribution in [2.24, 2.45) is 0 Å². The van der Waals surface area contributed by atoms with Gasteiger partial charge in [-0.2, -0.15) is 5.26 Å². The molecule has 0 amide bonds. The van der Waals surface area contributed by atoms with Crippen LogP contribution in [0, 0.1) is 18.3 Å². The molecule has 0 fully saturated rings. The topological polar surface area (TPSA) is 45.0 Å². The highest BCUT2D eigenvalue weighted by atomic mass is 16.5. The Labute approximate surface area is 119 Å². The van der Waals surface area contributed by atoms with Crippen molar-refractivity contribution in [3.8, 4) is 11.8 Å². The van der Waals surface area contributed by atoms with E-state index in [1.807, 2.05) is 56.3 Å². The molecular weight excluding hydrogens is 248 g/mol. The first-order valence-electron chi connectivity index (χ1n) is 6.70. The van der Waals surface area contributed by atoms with Gasteiger partial charge in [0.05, 0.1) is 17.9 Å². The molecule has 0 aromatic heterocycles. The maximum atomic E-state index is 9.20. The number of nitriles is 1. The third-order valence-electron chi connectivity index (χ3n) is 3.08. The fourth-order valence-electron chi connectivity index (χ4n) is 2.07. The van der Waals surface area contributed by atoms with E-state index in [4.69, 9.17) is 4.74 Å². The molecule has 0 aliphatic heterocycles. The lowest BCUT2D eigenvalue weighted by molar-refractivity contribution is 0.340. The Balaban J connectivity index is 2.11. The third-order valence-corrected chi connectivity index (χ3v) is 3.08.